The number of carbonyl (C=O) groups excluding carboxylic acids is 1. The maximum atomic E-state index is 13.6. The van der Waals surface area contributed by atoms with E-state index < -0.39 is 16.0 Å². The highest BCUT2D eigenvalue weighted by molar-refractivity contribution is 7.89. The molecule has 0 spiro atoms. The molecule has 0 atom stereocenters. The largest absolute Gasteiger partial charge is 0.476 e. The number of carboxylic acids is 1. The van der Waals surface area contributed by atoms with Crippen LogP contribution in [0.2, 0.25) is 0 Å². The van der Waals surface area contributed by atoms with Crippen LogP contribution in [0.5, 0.6) is 11.6 Å². The number of amides is 1. The molecule has 2 heterocycles. The number of benzene rings is 1. The standard InChI is InChI=1S/C23H32N4O7S/c1-6-27-21(15(2)20(25-27)22(29)30)34-17-8-7-16(24-19(28)14-23(3,4)5)13-18(17)35(31,32)26-9-11-33-12-10-26/h7-8,13H,6,9-12,14H2,1-5H3,(H,24,28)(H,29,30). The van der Waals surface area contributed by atoms with E-state index in [9.17, 15) is 23.1 Å². The zero-order valence-corrected chi connectivity index (χ0v) is 21.4. The summed E-state index contributed by atoms with van der Waals surface area (Å²) >= 11 is 0. The summed E-state index contributed by atoms with van der Waals surface area (Å²) in [6.45, 7) is 10.3. The van der Waals surface area contributed by atoms with Crippen LogP contribution in [0.3, 0.4) is 0 Å². The zero-order chi connectivity index (χ0) is 26.0. The van der Waals surface area contributed by atoms with Crippen molar-refractivity contribution in [1.82, 2.24) is 14.1 Å². The fourth-order valence-electron chi connectivity index (χ4n) is 3.67. The van der Waals surface area contributed by atoms with Crippen molar-refractivity contribution in [3.05, 3.63) is 29.5 Å². The number of sulfonamides is 1. The molecule has 0 aliphatic carbocycles. The number of nitrogens with zero attached hydrogens (tertiary/aromatic N) is 3. The first-order chi connectivity index (χ1) is 16.3. The van der Waals surface area contributed by atoms with Gasteiger partial charge in [-0.15, -0.1) is 0 Å². The van der Waals surface area contributed by atoms with Gasteiger partial charge in [0.15, 0.2) is 5.69 Å². The summed E-state index contributed by atoms with van der Waals surface area (Å²) in [5.74, 6) is -1.32. The topological polar surface area (TPSA) is 140 Å². The molecular weight excluding hydrogens is 476 g/mol. The Morgan fingerprint density at radius 1 is 1.23 bits per heavy atom. The van der Waals surface area contributed by atoms with Crippen molar-refractivity contribution in [2.24, 2.45) is 5.41 Å². The number of carboxylic acid groups (broad SMARTS) is 1. The third-order valence-electron chi connectivity index (χ3n) is 5.35. The van der Waals surface area contributed by atoms with Crippen molar-refractivity contribution < 1.29 is 32.6 Å². The second-order valence-corrected chi connectivity index (χ2v) is 11.4. The van der Waals surface area contributed by atoms with Crippen LogP contribution in [0.25, 0.3) is 0 Å². The zero-order valence-electron chi connectivity index (χ0n) is 20.6. The van der Waals surface area contributed by atoms with Gasteiger partial charge in [-0.3, -0.25) is 4.79 Å². The van der Waals surface area contributed by atoms with Gasteiger partial charge in [0.25, 0.3) is 0 Å². The van der Waals surface area contributed by atoms with E-state index in [1.165, 1.54) is 21.1 Å². The molecule has 2 aromatic rings. The van der Waals surface area contributed by atoms with Crippen molar-refractivity contribution in [2.75, 3.05) is 31.6 Å². The molecule has 1 aromatic carbocycles. The number of aromatic carboxylic acids is 1. The number of aryl methyl sites for hydroxylation is 1. The Balaban J connectivity index is 2.06. The molecular formula is C23H32N4O7S. The van der Waals surface area contributed by atoms with E-state index in [0.717, 1.165) is 0 Å². The van der Waals surface area contributed by atoms with E-state index in [0.29, 0.717) is 12.2 Å². The summed E-state index contributed by atoms with van der Waals surface area (Å²) in [5, 5.41) is 16.2. The molecule has 35 heavy (non-hydrogen) atoms. The number of ether oxygens (including phenoxy) is 2. The monoisotopic (exact) mass is 508 g/mol. The van der Waals surface area contributed by atoms with Gasteiger partial charge >= 0.3 is 5.97 Å². The number of morpholine rings is 1. The van der Waals surface area contributed by atoms with Gasteiger partial charge in [0.1, 0.15) is 10.6 Å². The van der Waals surface area contributed by atoms with E-state index in [1.807, 2.05) is 20.8 Å². The summed E-state index contributed by atoms with van der Waals surface area (Å²) in [4.78, 5) is 23.9. The SMILES string of the molecule is CCn1nc(C(=O)O)c(C)c1Oc1ccc(NC(=O)CC(C)(C)C)cc1S(=O)(=O)N1CCOCC1. The highest BCUT2D eigenvalue weighted by Crippen LogP contribution is 2.36. The van der Waals surface area contributed by atoms with Crippen molar-refractivity contribution in [3.63, 3.8) is 0 Å². The number of rotatable bonds is 8. The van der Waals surface area contributed by atoms with Crippen LogP contribution in [0, 0.1) is 12.3 Å². The first kappa shape index (κ1) is 26.6. The highest BCUT2D eigenvalue weighted by atomic mass is 32.2. The second-order valence-electron chi connectivity index (χ2n) is 9.47. The molecule has 1 aliphatic rings. The third-order valence-corrected chi connectivity index (χ3v) is 7.27. The Morgan fingerprint density at radius 2 is 1.89 bits per heavy atom. The molecule has 1 saturated heterocycles. The molecule has 0 bridgehead atoms. The van der Waals surface area contributed by atoms with Crippen LogP contribution in [-0.4, -0.2) is 65.8 Å². The van der Waals surface area contributed by atoms with Crippen LogP contribution < -0.4 is 10.1 Å². The molecule has 1 aromatic heterocycles. The van der Waals surface area contributed by atoms with Crippen LogP contribution in [0.15, 0.2) is 23.1 Å². The molecule has 12 heteroatoms. The maximum Gasteiger partial charge on any atom is 0.356 e. The highest BCUT2D eigenvalue weighted by Gasteiger charge is 2.31. The molecule has 1 aliphatic heterocycles. The molecule has 3 rings (SSSR count). The van der Waals surface area contributed by atoms with Gasteiger partial charge in [0.05, 0.1) is 13.2 Å². The molecule has 1 amide bonds. The van der Waals surface area contributed by atoms with E-state index in [1.54, 1.807) is 19.9 Å². The number of carbonyl (C=O) groups is 2. The summed E-state index contributed by atoms with van der Waals surface area (Å²) in [7, 11) is -4.02. The lowest BCUT2D eigenvalue weighted by atomic mass is 9.92. The normalized spacial score (nSPS) is 15.1. The summed E-state index contributed by atoms with van der Waals surface area (Å²) in [6.07, 6.45) is 0.254. The number of nitrogens with one attached hydrogen (secondary N) is 1. The van der Waals surface area contributed by atoms with Crippen LogP contribution in [0.4, 0.5) is 5.69 Å². The fourth-order valence-corrected chi connectivity index (χ4v) is 5.22. The molecule has 192 valence electrons. The lowest BCUT2D eigenvalue weighted by molar-refractivity contribution is -0.117. The Hall–Kier alpha value is -2.96. The third kappa shape index (κ3) is 6.19. The lowest BCUT2D eigenvalue weighted by Gasteiger charge is -2.27. The van der Waals surface area contributed by atoms with Crippen LogP contribution >= 0.6 is 0 Å². The average molecular weight is 509 g/mol. The van der Waals surface area contributed by atoms with E-state index >= 15 is 0 Å². The molecule has 1 fully saturated rings. The van der Waals surface area contributed by atoms with E-state index in [4.69, 9.17) is 9.47 Å². The minimum atomic E-state index is -4.02. The number of aromatic nitrogens is 2. The van der Waals surface area contributed by atoms with Gasteiger partial charge in [-0.25, -0.2) is 17.9 Å². The summed E-state index contributed by atoms with van der Waals surface area (Å²) in [6, 6.07) is 4.36. The van der Waals surface area contributed by atoms with Crippen molar-refractivity contribution in [1.29, 1.82) is 0 Å². The summed E-state index contributed by atoms with van der Waals surface area (Å²) in [5.41, 5.74) is 0.167. The molecule has 2 N–H and O–H groups in total. The minimum absolute atomic E-state index is 0.0000454. The first-order valence-corrected chi connectivity index (χ1v) is 12.8. The van der Waals surface area contributed by atoms with Crippen molar-refractivity contribution in [3.8, 4) is 11.6 Å². The quantitative estimate of drug-likeness (QED) is 0.554. The maximum absolute atomic E-state index is 13.6. The number of hydrogen-bond donors (Lipinski definition) is 2. The van der Waals surface area contributed by atoms with Gasteiger partial charge in [0, 0.05) is 37.3 Å². The predicted octanol–water partition coefficient (Wildman–Crippen LogP) is 3.10. The molecule has 0 unspecified atom stereocenters. The first-order valence-electron chi connectivity index (χ1n) is 11.3. The van der Waals surface area contributed by atoms with Gasteiger partial charge in [-0.2, -0.15) is 9.40 Å². The van der Waals surface area contributed by atoms with Crippen LogP contribution in [0.1, 0.15) is 50.2 Å². The Labute approximate surface area is 205 Å². The second kappa shape index (κ2) is 10.3. The van der Waals surface area contributed by atoms with Crippen LogP contribution in [-0.2, 0) is 26.1 Å². The Bertz CT molecular complexity index is 1210. The fraction of sp³-hybridized carbons (Fsp3) is 0.522. The van der Waals surface area contributed by atoms with Gasteiger partial charge < -0.3 is 19.9 Å². The van der Waals surface area contributed by atoms with Crippen molar-refractivity contribution in [2.45, 2.75) is 52.5 Å². The average Bonchev–Trinajstić information content (AvgIpc) is 3.09. The lowest BCUT2D eigenvalue weighted by Crippen LogP contribution is -2.40. The van der Waals surface area contributed by atoms with Crippen molar-refractivity contribution >= 4 is 27.6 Å². The Morgan fingerprint density at radius 3 is 2.46 bits per heavy atom. The number of hydrogen-bond acceptors (Lipinski definition) is 7. The molecule has 0 radical (unpaired) electrons. The van der Waals surface area contributed by atoms with Gasteiger partial charge in [0.2, 0.25) is 21.8 Å². The minimum Gasteiger partial charge on any atom is -0.476 e. The number of anilines is 1. The Kier molecular flexibility index (Phi) is 7.87. The molecule has 0 saturated carbocycles. The summed E-state index contributed by atoms with van der Waals surface area (Å²) < 4.78 is 41.1. The molecule has 11 nitrogen and oxygen atoms in total. The van der Waals surface area contributed by atoms with E-state index in [-0.39, 0.29) is 71.8 Å². The van der Waals surface area contributed by atoms with E-state index in [2.05, 4.69) is 10.4 Å². The van der Waals surface area contributed by atoms with Gasteiger partial charge in [-0.1, -0.05) is 20.8 Å². The van der Waals surface area contributed by atoms with Gasteiger partial charge in [-0.05, 0) is 37.5 Å². The smallest absolute Gasteiger partial charge is 0.356 e. The predicted molar refractivity (Wildman–Crippen MR) is 128 cm³/mol.